The lowest BCUT2D eigenvalue weighted by Gasteiger charge is -2.08. The third-order valence-electron chi connectivity index (χ3n) is 1.95. The largest absolute Gasteiger partial charge is 0.385 e. The molecule has 0 aliphatic heterocycles. The maximum atomic E-state index is 5.31. The summed E-state index contributed by atoms with van der Waals surface area (Å²) in [7, 11) is 1.73. The number of methoxy groups -OCH3 is 1. The molecule has 15 heavy (non-hydrogen) atoms. The van der Waals surface area contributed by atoms with Gasteiger partial charge in [0.15, 0.2) is 0 Å². The van der Waals surface area contributed by atoms with E-state index in [-0.39, 0.29) is 0 Å². The average molecular weight is 216 g/mol. The second kappa shape index (κ2) is 11.3. The van der Waals surface area contributed by atoms with E-state index in [0.717, 1.165) is 45.4 Å². The van der Waals surface area contributed by atoms with Gasteiger partial charge in [-0.15, -0.1) is 0 Å². The smallest absolute Gasteiger partial charge is 0.205 e. The van der Waals surface area contributed by atoms with Gasteiger partial charge in [0.2, 0.25) is 5.96 Å². The number of hydrogen-bond acceptors (Lipinski definition) is 3. The second-order valence-electron chi connectivity index (χ2n) is 3.35. The summed E-state index contributed by atoms with van der Waals surface area (Å²) in [6.07, 6.45) is 4.40. The average Bonchev–Trinajstić information content (AvgIpc) is 2.27. The van der Waals surface area contributed by atoms with Crippen molar-refractivity contribution in [3.05, 3.63) is 0 Å². The third kappa shape index (κ3) is 9.49. The third-order valence-corrected chi connectivity index (χ3v) is 1.95. The lowest BCUT2D eigenvalue weighted by atomic mass is 10.2. The SMILES string of the molecule is CCCN=C(NN)NCCCCCOC. The summed E-state index contributed by atoms with van der Waals surface area (Å²) in [5.74, 6) is 6.00. The Morgan fingerprint density at radius 1 is 1.33 bits per heavy atom. The molecule has 0 unspecified atom stereocenters. The highest BCUT2D eigenvalue weighted by Crippen LogP contribution is 1.93. The van der Waals surface area contributed by atoms with E-state index in [9.17, 15) is 0 Å². The van der Waals surface area contributed by atoms with Crippen molar-refractivity contribution in [1.29, 1.82) is 0 Å². The number of nitrogens with two attached hydrogens (primary N) is 1. The van der Waals surface area contributed by atoms with Gasteiger partial charge in [0.25, 0.3) is 0 Å². The van der Waals surface area contributed by atoms with Crippen LogP contribution in [0, 0.1) is 0 Å². The molecule has 0 rings (SSSR count). The molecular weight excluding hydrogens is 192 g/mol. The lowest BCUT2D eigenvalue weighted by molar-refractivity contribution is 0.192. The molecule has 0 bridgehead atoms. The minimum Gasteiger partial charge on any atom is -0.385 e. The van der Waals surface area contributed by atoms with Gasteiger partial charge in [-0.1, -0.05) is 6.92 Å². The molecule has 0 aliphatic rings. The van der Waals surface area contributed by atoms with Crippen molar-refractivity contribution in [1.82, 2.24) is 10.7 Å². The Bertz CT molecular complexity index is 162. The monoisotopic (exact) mass is 216 g/mol. The number of hydrazine groups is 1. The molecule has 5 nitrogen and oxygen atoms in total. The van der Waals surface area contributed by atoms with Crippen LogP contribution >= 0.6 is 0 Å². The van der Waals surface area contributed by atoms with Crippen molar-refractivity contribution in [2.75, 3.05) is 26.8 Å². The zero-order valence-electron chi connectivity index (χ0n) is 9.88. The Hall–Kier alpha value is -0.810. The quantitative estimate of drug-likeness (QED) is 0.183. The van der Waals surface area contributed by atoms with Crippen LogP contribution in [0.1, 0.15) is 32.6 Å². The number of ether oxygens (including phenoxy) is 1. The van der Waals surface area contributed by atoms with Crippen LogP contribution in [0.3, 0.4) is 0 Å². The normalized spacial score (nSPS) is 11.5. The number of nitrogens with one attached hydrogen (secondary N) is 2. The van der Waals surface area contributed by atoms with E-state index in [0.29, 0.717) is 5.96 Å². The molecule has 0 saturated carbocycles. The van der Waals surface area contributed by atoms with E-state index in [1.54, 1.807) is 7.11 Å². The molecule has 0 radical (unpaired) electrons. The van der Waals surface area contributed by atoms with Crippen molar-refractivity contribution in [3.8, 4) is 0 Å². The van der Waals surface area contributed by atoms with E-state index in [1.807, 2.05) is 0 Å². The molecule has 0 fully saturated rings. The van der Waals surface area contributed by atoms with Gasteiger partial charge in [0, 0.05) is 26.8 Å². The van der Waals surface area contributed by atoms with Crippen molar-refractivity contribution < 1.29 is 4.74 Å². The van der Waals surface area contributed by atoms with Crippen LogP contribution < -0.4 is 16.6 Å². The Kier molecular flexibility index (Phi) is 10.7. The van der Waals surface area contributed by atoms with Gasteiger partial charge in [-0.3, -0.25) is 10.4 Å². The molecule has 0 aliphatic carbocycles. The van der Waals surface area contributed by atoms with Gasteiger partial charge in [-0.2, -0.15) is 0 Å². The maximum absolute atomic E-state index is 5.31. The summed E-state index contributed by atoms with van der Waals surface area (Å²) in [5, 5.41) is 3.15. The first-order valence-corrected chi connectivity index (χ1v) is 5.59. The minimum atomic E-state index is 0.684. The first kappa shape index (κ1) is 14.2. The molecule has 0 spiro atoms. The van der Waals surface area contributed by atoms with Gasteiger partial charge >= 0.3 is 0 Å². The molecule has 0 aromatic heterocycles. The van der Waals surface area contributed by atoms with Gasteiger partial charge < -0.3 is 10.1 Å². The Morgan fingerprint density at radius 3 is 2.73 bits per heavy atom. The fourth-order valence-electron chi connectivity index (χ4n) is 1.13. The fourth-order valence-corrected chi connectivity index (χ4v) is 1.13. The molecule has 90 valence electrons. The summed E-state index contributed by atoms with van der Waals surface area (Å²) in [4.78, 5) is 4.24. The Labute approximate surface area is 92.4 Å². The van der Waals surface area contributed by atoms with Crippen LogP contribution in [-0.2, 0) is 4.74 Å². The number of nitrogens with zero attached hydrogens (tertiary/aromatic N) is 1. The molecule has 0 aromatic carbocycles. The predicted molar refractivity (Wildman–Crippen MR) is 63.6 cm³/mol. The van der Waals surface area contributed by atoms with E-state index in [4.69, 9.17) is 10.6 Å². The van der Waals surface area contributed by atoms with Crippen LogP contribution in [0.2, 0.25) is 0 Å². The topological polar surface area (TPSA) is 71.7 Å². The highest BCUT2D eigenvalue weighted by Gasteiger charge is 1.94. The van der Waals surface area contributed by atoms with Crippen LogP contribution in [-0.4, -0.2) is 32.8 Å². The highest BCUT2D eigenvalue weighted by atomic mass is 16.5. The maximum Gasteiger partial charge on any atom is 0.205 e. The zero-order chi connectivity index (χ0) is 11.4. The van der Waals surface area contributed by atoms with Crippen molar-refractivity contribution in [2.24, 2.45) is 10.8 Å². The summed E-state index contributed by atoms with van der Waals surface area (Å²) in [5.41, 5.74) is 2.55. The standard InChI is InChI=1S/C10H24N4O/c1-3-7-12-10(14-11)13-8-5-4-6-9-15-2/h3-9,11H2,1-2H3,(H2,12,13,14). The van der Waals surface area contributed by atoms with Gasteiger partial charge in [-0.25, -0.2) is 5.84 Å². The molecular formula is C10H24N4O. The number of unbranched alkanes of at least 4 members (excludes halogenated alkanes) is 2. The van der Waals surface area contributed by atoms with Crippen LogP contribution in [0.25, 0.3) is 0 Å². The molecule has 4 N–H and O–H groups in total. The summed E-state index contributed by atoms with van der Waals surface area (Å²) >= 11 is 0. The Morgan fingerprint density at radius 2 is 2.13 bits per heavy atom. The van der Waals surface area contributed by atoms with Crippen LogP contribution in [0.5, 0.6) is 0 Å². The number of guanidine groups is 1. The first-order valence-electron chi connectivity index (χ1n) is 5.59. The molecule has 0 aromatic rings. The predicted octanol–water partition coefficient (Wildman–Crippen LogP) is 0.622. The fraction of sp³-hybridized carbons (Fsp3) is 0.900. The van der Waals surface area contributed by atoms with E-state index in [1.165, 1.54) is 0 Å². The summed E-state index contributed by atoms with van der Waals surface area (Å²) in [6, 6.07) is 0. The minimum absolute atomic E-state index is 0.684. The molecule has 5 heteroatoms. The highest BCUT2D eigenvalue weighted by molar-refractivity contribution is 5.79. The van der Waals surface area contributed by atoms with Gasteiger partial charge in [0.1, 0.15) is 0 Å². The van der Waals surface area contributed by atoms with Crippen molar-refractivity contribution >= 4 is 5.96 Å². The van der Waals surface area contributed by atoms with E-state index >= 15 is 0 Å². The van der Waals surface area contributed by atoms with E-state index < -0.39 is 0 Å². The summed E-state index contributed by atoms with van der Waals surface area (Å²) < 4.78 is 4.97. The molecule has 0 heterocycles. The molecule has 0 atom stereocenters. The zero-order valence-corrected chi connectivity index (χ0v) is 9.88. The van der Waals surface area contributed by atoms with Crippen LogP contribution in [0.4, 0.5) is 0 Å². The lowest BCUT2D eigenvalue weighted by Crippen LogP contribution is -2.42. The van der Waals surface area contributed by atoms with E-state index in [2.05, 4.69) is 22.7 Å². The second-order valence-corrected chi connectivity index (χ2v) is 3.35. The number of aliphatic imine (C=N–C) groups is 1. The van der Waals surface area contributed by atoms with Crippen molar-refractivity contribution in [2.45, 2.75) is 32.6 Å². The van der Waals surface area contributed by atoms with Crippen molar-refractivity contribution in [3.63, 3.8) is 0 Å². The molecule has 0 saturated heterocycles. The first-order chi connectivity index (χ1) is 7.35. The Balaban J connectivity index is 3.38. The number of hydrogen-bond donors (Lipinski definition) is 3. The van der Waals surface area contributed by atoms with Gasteiger partial charge in [-0.05, 0) is 25.7 Å². The van der Waals surface area contributed by atoms with Crippen LogP contribution in [0.15, 0.2) is 4.99 Å². The summed E-state index contributed by atoms with van der Waals surface area (Å²) in [6.45, 7) is 4.63. The number of rotatable bonds is 8. The van der Waals surface area contributed by atoms with Gasteiger partial charge in [0.05, 0.1) is 0 Å². The molecule has 0 amide bonds.